The number of aromatic nitrogens is 2. The topological polar surface area (TPSA) is 135 Å². The van der Waals surface area contributed by atoms with E-state index in [0.29, 0.717) is 6.42 Å². The molecule has 11 heteroatoms. The van der Waals surface area contributed by atoms with Crippen molar-refractivity contribution in [2.45, 2.75) is 21.9 Å². The molecule has 2 N–H and O–H groups in total. The maximum atomic E-state index is 12.7. The summed E-state index contributed by atoms with van der Waals surface area (Å²) >= 11 is 0.828. The molecule has 0 atom stereocenters. The van der Waals surface area contributed by atoms with Crippen molar-refractivity contribution in [1.82, 2.24) is 9.97 Å². The normalized spacial score (nSPS) is 11.5. The fraction of sp³-hybridized carbons (Fsp3) is 0.100. The van der Waals surface area contributed by atoms with Gasteiger partial charge in [0.15, 0.2) is 5.13 Å². The van der Waals surface area contributed by atoms with Gasteiger partial charge in [-0.25, -0.2) is 13.4 Å². The third-order valence-corrected chi connectivity index (χ3v) is 7.79. The van der Waals surface area contributed by atoms with E-state index in [1.54, 1.807) is 0 Å². The minimum atomic E-state index is -3.89. The highest BCUT2D eigenvalue weighted by Crippen LogP contribution is 2.29. The zero-order valence-corrected chi connectivity index (χ0v) is 17.6. The molecule has 0 radical (unpaired) electrons. The number of amides is 1. The molecule has 4 rings (SSSR count). The summed E-state index contributed by atoms with van der Waals surface area (Å²) in [6.07, 6.45) is 3.77. The number of rotatable bonds is 7. The van der Waals surface area contributed by atoms with Crippen molar-refractivity contribution < 1.29 is 18.1 Å². The second kappa shape index (κ2) is 8.28. The maximum absolute atomic E-state index is 12.7. The lowest BCUT2D eigenvalue weighted by molar-refractivity contribution is -0.384. The summed E-state index contributed by atoms with van der Waals surface area (Å²) in [5.74, 6) is -0.279. The van der Waals surface area contributed by atoms with Crippen LogP contribution in [0.4, 0.5) is 10.8 Å². The van der Waals surface area contributed by atoms with Gasteiger partial charge in [-0.05, 0) is 30.2 Å². The van der Waals surface area contributed by atoms with E-state index in [4.69, 9.17) is 0 Å². The highest BCUT2D eigenvalue weighted by atomic mass is 32.2. The van der Waals surface area contributed by atoms with Crippen LogP contribution in [-0.4, -0.2) is 29.2 Å². The van der Waals surface area contributed by atoms with E-state index in [1.165, 1.54) is 12.1 Å². The Morgan fingerprint density at radius 2 is 1.90 bits per heavy atom. The van der Waals surface area contributed by atoms with Crippen LogP contribution in [0.5, 0.6) is 0 Å². The quantitative estimate of drug-likeness (QED) is 0.319. The number of fused-ring (bicyclic) bond motifs is 1. The molecule has 0 unspecified atom stereocenters. The number of anilines is 1. The number of carbonyl (C=O) groups is 1. The molecule has 2 aromatic heterocycles. The average molecular weight is 457 g/mol. The molecule has 0 fully saturated rings. The summed E-state index contributed by atoms with van der Waals surface area (Å²) < 4.78 is 25.3. The second-order valence-corrected chi connectivity index (χ2v) is 9.85. The number of sulfone groups is 1. The van der Waals surface area contributed by atoms with Crippen molar-refractivity contribution in [3.05, 3.63) is 76.6 Å². The molecule has 0 aliphatic carbocycles. The molecule has 0 aliphatic heterocycles. The first-order valence-electron chi connectivity index (χ1n) is 9.15. The fourth-order valence-electron chi connectivity index (χ4n) is 3.07. The van der Waals surface area contributed by atoms with Gasteiger partial charge in [-0.2, -0.15) is 0 Å². The molecule has 0 aliphatic rings. The number of para-hydroxylation sites is 1. The number of aryl methyl sites for hydroxylation is 1. The van der Waals surface area contributed by atoms with Crippen LogP contribution in [0.25, 0.3) is 10.9 Å². The summed E-state index contributed by atoms with van der Waals surface area (Å²) in [6.45, 7) is 0. The highest BCUT2D eigenvalue weighted by molar-refractivity contribution is 7.93. The van der Waals surface area contributed by atoms with Crippen LogP contribution < -0.4 is 5.32 Å². The minimum Gasteiger partial charge on any atom is -0.361 e. The summed E-state index contributed by atoms with van der Waals surface area (Å²) in [5.41, 5.74) is 1.82. The first-order chi connectivity index (χ1) is 14.8. The molecular formula is C20H16N4O5S2. The average Bonchev–Trinajstić information content (AvgIpc) is 3.40. The molecule has 158 valence electrons. The van der Waals surface area contributed by atoms with Crippen molar-refractivity contribution in [2.75, 3.05) is 5.32 Å². The molecule has 9 nitrogen and oxygen atoms in total. The van der Waals surface area contributed by atoms with E-state index in [2.05, 4.69) is 15.3 Å². The zero-order valence-electron chi connectivity index (χ0n) is 15.9. The summed E-state index contributed by atoms with van der Waals surface area (Å²) in [7, 11) is -3.89. The number of nitro benzene ring substituents is 1. The number of hydrogen-bond donors (Lipinski definition) is 2. The molecule has 4 aromatic rings. The Kier molecular flexibility index (Phi) is 5.53. The lowest BCUT2D eigenvalue weighted by atomic mass is 10.1. The van der Waals surface area contributed by atoms with E-state index < -0.39 is 14.8 Å². The van der Waals surface area contributed by atoms with Gasteiger partial charge in [0.1, 0.15) is 4.21 Å². The van der Waals surface area contributed by atoms with E-state index in [0.717, 1.165) is 46.1 Å². The van der Waals surface area contributed by atoms with Crippen LogP contribution in [0.1, 0.15) is 12.0 Å². The number of thiazole rings is 1. The van der Waals surface area contributed by atoms with Gasteiger partial charge in [-0.15, -0.1) is 0 Å². The smallest absolute Gasteiger partial charge is 0.269 e. The molecule has 0 bridgehead atoms. The number of carbonyl (C=O) groups excluding carboxylic acids is 1. The molecule has 0 spiro atoms. The van der Waals surface area contributed by atoms with Gasteiger partial charge in [0.05, 0.1) is 16.0 Å². The van der Waals surface area contributed by atoms with Crippen LogP contribution in [-0.2, 0) is 21.1 Å². The van der Waals surface area contributed by atoms with Crippen LogP contribution in [0.2, 0.25) is 0 Å². The van der Waals surface area contributed by atoms with Crippen molar-refractivity contribution in [3.8, 4) is 0 Å². The first kappa shape index (κ1) is 20.7. The molecule has 0 saturated heterocycles. The van der Waals surface area contributed by atoms with Crippen molar-refractivity contribution >= 4 is 48.8 Å². The van der Waals surface area contributed by atoms with Crippen LogP contribution >= 0.6 is 11.3 Å². The Hall–Kier alpha value is -3.57. The Morgan fingerprint density at radius 1 is 1.16 bits per heavy atom. The number of nitrogens with one attached hydrogen (secondary N) is 2. The minimum absolute atomic E-state index is 0.0618. The monoisotopic (exact) mass is 456 g/mol. The van der Waals surface area contributed by atoms with Crippen LogP contribution in [0, 0.1) is 10.1 Å². The van der Waals surface area contributed by atoms with Gasteiger partial charge < -0.3 is 10.3 Å². The molecule has 0 saturated carbocycles. The number of aromatic amines is 1. The molecule has 1 amide bonds. The third kappa shape index (κ3) is 4.32. The summed E-state index contributed by atoms with van der Waals surface area (Å²) in [4.78, 5) is 29.5. The predicted octanol–water partition coefficient (Wildman–Crippen LogP) is 3.94. The van der Waals surface area contributed by atoms with Gasteiger partial charge in [-0.1, -0.05) is 29.5 Å². The largest absolute Gasteiger partial charge is 0.361 e. The van der Waals surface area contributed by atoms with Crippen LogP contribution in [0.3, 0.4) is 0 Å². The standard InChI is InChI=1S/C20H16N4O5S2/c25-18(10-5-13-11-21-17-4-2-1-3-16(13)17)23-20-22-12-19(30-20)31(28,29)15-8-6-14(7-9-15)24(26)27/h1-4,6-9,11-12,21H,5,10H2,(H,22,23,25). The SMILES string of the molecule is O=C(CCc1c[nH]c2ccccc12)Nc1ncc(S(=O)(=O)c2ccc([N+](=O)[O-])cc2)s1. The van der Waals surface area contributed by atoms with Gasteiger partial charge in [-0.3, -0.25) is 14.9 Å². The van der Waals surface area contributed by atoms with Gasteiger partial charge >= 0.3 is 0 Å². The Balaban J connectivity index is 1.42. The van der Waals surface area contributed by atoms with Gasteiger partial charge in [0.25, 0.3) is 5.69 Å². The number of benzene rings is 2. The first-order valence-corrected chi connectivity index (χ1v) is 11.4. The number of H-pyrrole nitrogens is 1. The van der Waals surface area contributed by atoms with E-state index in [1.807, 2.05) is 30.5 Å². The fourth-order valence-corrected chi connectivity index (χ4v) is 5.52. The predicted molar refractivity (Wildman–Crippen MR) is 116 cm³/mol. The third-order valence-electron chi connectivity index (χ3n) is 4.65. The lowest BCUT2D eigenvalue weighted by Gasteiger charge is -2.02. The molecule has 2 aromatic carbocycles. The Bertz CT molecular complexity index is 1370. The van der Waals surface area contributed by atoms with Gasteiger partial charge in [0.2, 0.25) is 15.7 Å². The molecular weight excluding hydrogens is 440 g/mol. The van der Waals surface area contributed by atoms with Crippen molar-refractivity contribution in [1.29, 1.82) is 0 Å². The second-order valence-electron chi connectivity index (χ2n) is 6.65. The van der Waals surface area contributed by atoms with E-state index in [9.17, 15) is 23.3 Å². The Labute approximate surface area is 180 Å². The zero-order chi connectivity index (χ0) is 22.0. The number of non-ortho nitro benzene ring substituents is 1. The maximum Gasteiger partial charge on any atom is 0.269 e. The number of nitro groups is 1. The number of hydrogen-bond acceptors (Lipinski definition) is 7. The Morgan fingerprint density at radius 3 is 2.65 bits per heavy atom. The highest BCUT2D eigenvalue weighted by Gasteiger charge is 2.22. The molecule has 2 heterocycles. The van der Waals surface area contributed by atoms with Crippen LogP contribution in [0.15, 0.2) is 70.0 Å². The molecule has 31 heavy (non-hydrogen) atoms. The lowest BCUT2D eigenvalue weighted by Crippen LogP contribution is -2.11. The van der Waals surface area contributed by atoms with Gasteiger partial charge in [0, 0.05) is 35.7 Å². The van der Waals surface area contributed by atoms with Crippen molar-refractivity contribution in [3.63, 3.8) is 0 Å². The van der Waals surface area contributed by atoms with E-state index in [-0.39, 0.29) is 32.3 Å². The van der Waals surface area contributed by atoms with Crippen molar-refractivity contribution in [2.24, 2.45) is 0 Å². The summed E-state index contributed by atoms with van der Waals surface area (Å²) in [6, 6.07) is 12.4. The van der Waals surface area contributed by atoms with E-state index >= 15 is 0 Å². The summed E-state index contributed by atoms with van der Waals surface area (Å²) in [5, 5.41) is 14.6. The number of nitrogens with zero attached hydrogens (tertiary/aromatic N) is 2.